The Morgan fingerprint density at radius 1 is 0.362 bits per heavy atom. The van der Waals surface area contributed by atoms with Crippen LogP contribution in [-0.4, -0.2) is 0 Å². The molecule has 0 amide bonds. The molecular weight excluding hydrogens is 705 g/mol. The Hall–Kier alpha value is -7.42. The number of fused-ring (bicyclic) bond motifs is 9. The van der Waals surface area contributed by atoms with E-state index in [-0.39, 0.29) is 11.8 Å². The summed E-state index contributed by atoms with van der Waals surface area (Å²) in [6.07, 6.45) is 11.3. The highest BCUT2D eigenvalue weighted by Gasteiger charge is 2.34. The van der Waals surface area contributed by atoms with Crippen LogP contribution in [0.3, 0.4) is 0 Å². The molecule has 0 aliphatic heterocycles. The summed E-state index contributed by atoms with van der Waals surface area (Å²) >= 11 is 0. The van der Waals surface area contributed by atoms with Crippen molar-refractivity contribution in [3.63, 3.8) is 0 Å². The van der Waals surface area contributed by atoms with Crippen LogP contribution in [0.25, 0.3) is 99.8 Å². The monoisotopic (exact) mass is 740 g/mol. The lowest BCUT2D eigenvalue weighted by atomic mass is 9.72. The second-order valence-corrected chi connectivity index (χ2v) is 15.6. The lowest BCUT2D eigenvalue weighted by molar-refractivity contribution is 0.582. The first kappa shape index (κ1) is 32.8. The molecule has 2 nitrogen and oxygen atoms in total. The fourth-order valence-electron chi connectivity index (χ4n) is 9.46. The van der Waals surface area contributed by atoms with E-state index in [0.717, 1.165) is 61.1 Å². The number of rotatable bonds is 5. The van der Waals surface area contributed by atoms with Crippen LogP contribution in [0, 0.1) is 5.92 Å². The lowest BCUT2D eigenvalue weighted by Crippen LogP contribution is -2.16. The van der Waals surface area contributed by atoms with Crippen molar-refractivity contribution in [2.24, 2.45) is 5.92 Å². The van der Waals surface area contributed by atoms with Gasteiger partial charge in [0.2, 0.25) is 0 Å². The number of allylic oxidation sites excluding steroid dienone is 5. The first-order chi connectivity index (χ1) is 28.7. The average molecular weight is 741 g/mol. The van der Waals surface area contributed by atoms with Gasteiger partial charge in [0.1, 0.15) is 22.5 Å². The SMILES string of the molecule is C1=CC2C(c3ccccc3)=Cc3oc4cc(-c5cc(-c6ccc7cc(-c8ccccc8)ccc7c6)cc(-c6cccc7oc8ccccc8c67)c5)ccc4c3C2C=C1. The van der Waals surface area contributed by atoms with Crippen molar-refractivity contribution >= 4 is 55.3 Å². The van der Waals surface area contributed by atoms with Crippen LogP contribution in [-0.2, 0) is 0 Å². The van der Waals surface area contributed by atoms with Crippen LogP contribution in [0.4, 0.5) is 0 Å². The molecular formula is C56H36O2. The maximum atomic E-state index is 6.82. The van der Waals surface area contributed by atoms with Crippen molar-refractivity contribution in [3.05, 3.63) is 217 Å². The minimum absolute atomic E-state index is 0.212. The molecule has 272 valence electrons. The van der Waals surface area contributed by atoms with Crippen molar-refractivity contribution in [2.45, 2.75) is 5.92 Å². The van der Waals surface area contributed by atoms with Crippen molar-refractivity contribution in [1.29, 1.82) is 0 Å². The summed E-state index contributed by atoms with van der Waals surface area (Å²) in [5.41, 5.74) is 15.8. The number of benzene rings is 8. The normalized spacial score (nSPS) is 15.9. The molecule has 0 fully saturated rings. The van der Waals surface area contributed by atoms with Gasteiger partial charge in [-0.15, -0.1) is 0 Å². The largest absolute Gasteiger partial charge is 0.456 e. The molecule has 0 bridgehead atoms. The van der Waals surface area contributed by atoms with Gasteiger partial charge in [-0.3, -0.25) is 0 Å². The Bertz CT molecular complexity index is 3340. The highest BCUT2D eigenvalue weighted by molar-refractivity contribution is 6.13. The number of hydrogen-bond donors (Lipinski definition) is 0. The van der Waals surface area contributed by atoms with Gasteiger partial charge in [0, 0.05) is 33.6 Å². The third-order valence-corrected chi connectivity index (χ3v) is 12.2. The van der Waals surface area contributed by atoms with Gasteiger partial charge in [-0.1, -0.05) is 152 Å². The molecule has 2 aliphatic carbocycles. The zero-order valence-corrected chi connectivity index (χ0v) is 31.6. The van der Waals surface area contributed by atoms with Crippen molar-refractivity contribution < 1.29 is 8.83 Å². The highest BCUT2D eigenvalue weighted by atomic mass is 16.3. The summed E-state index contributed by atoms with van der Waals surface area (Å²) in [5, 5.41) is 5.86. The van der Waals surface area contributed by atoms with Gasteiger partial charge < -0.3 is 8.83 Å². The topological polar surface area (TPSA) is 26.3 Å². The summed E-state index contributed by atoms with van der Waals surface area (Å²) < 4.78 is 13.2. The number of hydrogen-bond acceptors (Lipinski definition) is 2. The summed E-state index contributed by atoms with van der Waals surface area (Å²) in [5.74, 6) is 1.42. The molecule has 0 saturated heterocycles. The van der Waals surface area contributed by atoms with Gasteiger partial charge in [0.05, 0.1) is 0 Å². The minimum atomic E-state index is 0.212. The molecule has 2 heterocycles. The van der Waals surface area contributed by atoms with E-state index in [9.17, 15) is 0 Å². The van der Waals surface area contributed by atoms with E-state index < -0.39 is 0 Å². The number of furan rings is 2. The Morgan fingerprint density at radius 2 is 0.983 bits per heavy atom. The van der Waals surface area contributed by atoms with Crippen LogP contribution in [0.2, 0.25) is 0 Å². The van der Waals surface area contributed by atoms with E-state index >= 15 is 0 Å². The summed E-state index contributed by atoms with van der Waals surface area (Å²) in [4.78, 5) is 0. The molecule has 58 heavy (non-hydrogen) atoms. The third-order valence-electron chi connectivity index (χ3n) is 12.2. The van der Waals surface area contributed by atoms with E-state index in [0.29, 0.717) is 0 Å². The number of para-hydroxylation sites is 1. The molecule has 8 aromatic carbocycles. The maximum absolute atomic E-state index is 6.82. The van der Waals surface area contributed by atoms with Crippen LogP contribution in [0.15, 0.2) is 209 Å². The Balaban J connectivity index is 1.03. The second kappa shape index (κ2) is 13.1. The Morgan fingerprint density at radius 3 is 1.76 bits per heavy atom. The third kappa shape index (κ3) is 5.33. The van der Waals surface area contributed by atoms with Crippen molar-refractivity contribution in [2.75, 3.05) is 0 Å². The fraction of sp³-hybridized carbons (Fsp3) is 0.0357. The average Bonchev–Trinajstić information content (AvgIpc) is 3.87. The summed E-state index contributed by atoms with van der Waals surface area (Å²) in [7, 11) is 0. The van der Waals surface area contributed by atoms with Gasteiger partial charge in [-0.2, -0.15) is 0 Å². The summed E-state index contributed by atoms with van der Waals surface area (Å²) in [6.45, 7) is 0. The molecule has 0 saturated carbocycles. The standard InChI is InChI=1S/C56H36O2/c1-3-12-35(13-4-1)37-22-23-39-29-40(25-24-38(39)28-37)42-30-43(32-44(31-42)45-19-11-21-52-55(45)48-18-9-10-20-51(48)57-52)41-26-27-49-53(33-41)58-54-34-50(36-14-5-2-6-15-36)46-16-7-8-17-47(46)56(49)54/h1-34,46-47H. The van der Waals surface area contributed by atoms with Crippen LogP contribution in [0.1, 0.15) is 22.8 Å². The van der Waals surface area contributed by atoms with Crippen LogP contribution >= 0.6 is 0 Å². The van der Waals surface area contributed by atoms with Gasteiger partial charge in [-0.25, -0.2) is 0 Å². The highest BCUT2D eigenvalue weighted by Crippen LogP contribution is 2.50. The Kier molecular flexibility index (Phi) is 7.39. The van der Waals surface area contributed by atoms with E-state index in [4.69, 9.17) is 8.83 Å². The molecule has 2 heteroatoms. The van der Waals surface area contributed by atoms with Gasteiger partial charge in [0.25, 0.3) is 0 Å². The van der Waals surface area contributed by atoms with E-state index in [1.54, 1.807) is 0 Å². The molecule has 12 rings (SSSR count). The van der Waals surface area contributed by atoms with Crippen molar-refractivity contribution in [1.82, 2.24) is 0 Å². The van der Waals surface area contributed by atoms with E-state index in [1.165, 1.54) is 49.5 Å². The van der Waals surface area contributed by atoms with Crippen LogP contribution in [0.5, 0.6) is 0 Å². The maximum Gasteiger partial charge on any atom is 0.136 e. The van der Waals surface area contributed by atoms with Gasteiger partial charge in [0.15, 0.2) is 0 Å². The molecule has 2 unspecified atom stereocenters. The Labute approximate surface area is 336 Å². The van der Waals surface area contributed by atoms with Gasteiger partial charge in [-0.05, 0) is 121 Å². The van der Waals surface area contributed by atoms with E-state index in [2.05, 4.69) is 200 Å². The molecule has 0 N–H and O–H groups in total. The molecule has 2 atom stereocenters. The molecule has 2 aliphatic rings. The quantitative estimate of drug-likeness (QED) is 0.176. The minimum Gasteiger partial charge on any atom is -0.456 e. The zero-order chi connectivity index (χ0) is 38.2. The summed E-state index contributed by atoms with van der Waals surface area (Å²) in [6, 6.07) is 63.4. The fourth-order valence-corrected chi connectivity index (χ4v) is 9.46. The molecule has 2 aromatic heterocycles. The predicted octanol–water partition coefficient (Wildman–Crippen LogP) is 15.5. The van der Waals surface area contributed by atoms with Crippen LogP contribution < -0.4 is 0 Å². The molecule has 10 aromatic rings. The first-order valence-electron chi connectivity index (χ1n) is 20.1. The second-order valence-electron chi connectivity index (χ2n) is 15.6. The predicted molar refractivity (Wildman–Crippen MR) is 242 cm³/mol. The first-order valence-corrected chi connectivity index (χ1v) is 20.1. The lowest BCUT2D eigenvalue weighted by Gasteiger charge is -2.30. The van der Waals surface area contributed by atoms with Gasteiger partial charge >= 0.3 is 0 Å². The smallest absolute Gasteiger partial charge is 0.136 e. The van der Waals surface area contributed by atoms with Crippen molar-refractivity contribution in [3.8, 4) is 44.5 Å². The molecule has 0 radical (unpaired) electrons. The molecule has 0 spiro atoms. The zero-order valence-electron chi connectivity index (χ0n) is 31.6. The van der Waals surface area contributed by atoms with E-state index in [1.807, 2.05) is 6.07 Å².